The minimum atomic E-state index is -0.663. The van der Waals surface area contributed by atoms with Gasteiger partial charge in [-0.15, -0.1) is 0 Å². The van der Waals surface area contributed by atoms with Gasteiger partial charge in [0, 0.05) is 5.57 Å². The third-order valence-corrected chi connectivity index (χ3v) is 3.98. The lowest BCUT2D eigenvalue weighted by Crippen LogP contribution is -2.06. The Morgan fingerprint density at radius 1 is 1.62 bits per heavy atom. The average Bonchev–Trinajstić information content (AvgIpc) is 2.11. The Bertz CT molecular complexity index is 209. The molecular weight excluding hydrogens is 180 g/mol. The fraction of sp³-hybridized carbons (Fsp3) is 0.500. The molecule has 3 heteroatoms. The second-order valence-electron chi connectivity index (χ2n) is 3.19. The largest absolute Gasteiger partial charge is 0.458 e. The van der Waals surface area contributed by atoms with Crippen molar-refractivity contribution < 1.29 is 9.53 Å². The van der Waals surface area contributed by atoms with Gasteiger partial charge in [-0.1, -0.05) is 37.9 Å². The summed E-state index contributed by atoms with van der Waals surface area (Å²) >= 11 is 0. The molecular formula is C10H18O2Si. The highest BCUT2D eigenvalue weighted by Gasteiger charge is 2.00. The number of hydrogen-bond acceptors (Lipinski definition) is 2. The van der Waals surface area contributed by atoms with Crippen molar-refractivity contribution in [2.75, 3.05) is 6.61 Å². The van der Waals surface area contributed by atoms with Crippen molar-refractivity contribution >= 4 is 14.8 Å². The van der Waals surface area contributed by atoms with Crippen LogP contribution in [-0.2, 0) is 9.53 Å². The van der Waals surface area contributed by atoms with Gasteiger partial charge < -0.3 is 4.74 Å². The Labute approximate surface area is 81.9 Å². The highest BCUT2D eigenvalue weighted by Crippen LogP contribution is 1.94. The summed E-state index contributed by atoms with van der Waals surface area (Å²) in [4.78, 5) is 10.9. The Balaban J connectivity index is 3.61. The Hall–Kier alpha value is -0.833. The second kappa shape index (κ2) is 6.66. The van der Waals surface area contributed by atoms with Crippen LogP contribution in [0.5, 0.6) is 0 Å². The van der Waals surface area contributed by atoms with E-state index in [2.05, 4.69) is 25.7 Å². The van der Waals surface area contributed by atoms with Crippen molar-refractivity contribution in [2.24, 2.45) is 0 Å². The van der Waals surface area contributed by atoms with Gasteiger partial charge in [0.05, 0.1) is 8.80 Å². The van der Waals surface area contributed by atoms with E-state index in [1.54, 1.807) is 6.92 Å². The van der Waals surface area contributed by atoms with Crippen molar-refractivity contribution in [3.63, 3.8) is 0 Å². The van der Waals surface area contributed by atoms with E-state index < -0.39 is 8.80 Å². The van der Waals surface area contributed by atoms with Crippen LogP contribution in [0.1, 0.15) is 13.8 Å². The van der Waals surface area contributed by atoms with E-state index in [-0.39, 0.29) is 5.97 Å². The molecule has 0 aliphatic heterocycles. The molecule has 0 saturated carbocycles. The highest BCUT2D eigenvalue weighted by atomic mass is 28.3. The van der Waals surface area contributed by atoms with Crippen molar-refractivity contribution in [3.05, 3.63) is 23.9 Å². The van der Waals surface area contributed by atoms with Crippen molar-refractivity contribution in [1.82, 2.24) is 0 Å². The molecule has 0 radical (unpaired) electrons. The van der Waals surface area contributed by atoms with Crippen LogP contribution in [0.25, 0.3) is 0 Å². The van der Waals surface area contributed by atoms with Gasteiger partial charge in [0.2, 0.25) is 0 Å². The van der Waals surface area contributed by atoms with Gasteiger partial charge in [0.1, 0.15) is 6.61 Å². The topological polar surface area (TPSA) is 26.3 Å². The molecule has 0 N–H and O–H groups in total. The van der Waals surface area contributed by atoms with Gasteiger partial charge in [-0.3, -0.25) is 0 Å². The summed E-state index contributed by atoms with van der Waals surface area (Å²) in [7, 11) is -0.663. The molecule has 0 aromatic rings. The van der Waals surface area contributed by atoms with Gasteiger partial charge in [0.15, 0.2) is 0 Å². The molecule has 0 bridgehead atoms. The number of carbonyl (C=O) groups is 1. The van der Waals surface area contributed by atoms with E-state index in [1.807, 2.05) is 6.08 Å². The molecule has 0 saturated heterocycles. The number of rotatable bonds is 5. The molecule has 0 aromatic carbocycles. The van der Waals surface area contributed by atoms with Gasteiger partial charge >= 0.3 is 5.97 Å². The summed E-state index contributed by atoms with van der Waals surface area (Å²) in [5.41, 5.74) is 2.64. The van der Waals surface area contributed by atoms with E-state index in [1.165, 1.54) is 6.04 Å². The third-order valence-electron chi connectivity index (χ3n) is 1.77. The molecule has 74 valence electrons. The molecule has 1 unspecified atom stereocenters. The van der Waals surface area contributed by atoms with E-state index in [9.17, 15) is 4.79 Å². The molecule has 1 atom stereocenters. The average molecular weight is 198 g/mol. The van der Waals surface area contributed by atoms with E-state index in [0.29, 0.717) is 12.2 Å². The summed E-state index contributed by atoms with van der Waals surface area (Å²) in [6.07, 6.45) is 1.93. The molecule has 0 aliphatic carbocycles. The summed E-state index contributed by atoms with van der Waals surface area (Å²) in [5, 5.41) is 0. The first-order valence-corrected chi connectivity index (χ1v) is 7.21. The minimum Gasteiger partial charge on any atom is -0.458 e. The van der Waals surface area contributed by atoms with Crippen LogP contribution in [0.2, 0.25) is 12.6 Å². The molecule has 0 fully saturated rings. The van der Waals surface area contributed by atoms with Gasteiger partial charge in [-0.25, -0.2) is 4.79 Å². The highest BCUT2D eigenvalue weighted by molar-refractivity contribution is 6.62. The molecule has 0 spiro atoms. The second-order valence-corrected chi connectivity index (χ2v) is 6.35. The molecule has 0 aromatic heterocycles. The number of esters is 1. The van der Waals surface area contributed by atoms with E-state index in [0.717, 1.165) is 0 Å². The minimum absolute atomic E-state index is 0.310. The van der Waals surface area contributed by atoms with Gasteiger partial charge in [-0.05, 0) is 6.92 Å². The maximum atomic E-state index is 10.9. The summed E-state index contributed by atoms with van der Waals surface area (Å²) in [6, 6.07) is 1.24. The van der Waals surface area contributed by atoms with Crippen LogP contribution in [0.4, 0.5) is 0 Å². The summed E-state index contributed by atoms with van der Waals surface area (Å²) in [6.45, 7) is 9.96. The zero-order valence-electron chi connectivity index (χ0n) is 8.67. The van der Waals surface area contributed by atoms with Crippen LogP contribution in [-0.4, -0.2) is 21.4 Å². The Kier molecular flexibility index (Phi) is 6.23. The van der Waals surface area contributed by atoms with Gasteiger partial charge in [-0.2, -0.15) is 0 Å². The first-order valence-electron chi connectivity index (χ1n) is 4.57. The normalized spacial score (nSPS) is 12.8. The maximum Gasteiger partial charge on any atom is 0.333 e. The quantitative estimate of drug-likeness (QED) is 0.384. The fourth-order valence-corrected chi connectivity index (χ4v) is 1.52. The fourth-order valence-electron chi connectivity index (χ4n) is 0.671. The Morgan fingerprint density at radius 3 is 2.69 bits per heavy atom. The first kappa shape index (κ1) is 12.2. The van der Waals surface area contributed by atoms with Crippen molar-refractivity contribution in [3.8, 4) is 0 Å². The number of carbonyl (C=O) groups excluding carboxylic acids is 1. The first-order chi connectivity index (χ1) is 6.07. The number of hydrogen-bond donors (Lipinski definition) is 0. The third kappa shape index (κ3) is 6.34. The standard InChI is InChI=1S/C10H18O2Si/c1-5-13(4)8-6-7-12-10(11)9(2)3/h6,8,13H,2,5,7H2,1,3-4H3. The van der Waals surface area contributed by atoms with Crippen LogP contribution < -0.4 is 0 Å². The zero-order valence-corrected chi connectivity index (χ0v) is 9.82. The molecule has 13 heavy (non-hydrogen) atoms. The Morgan fingerprint density at radius 2 is 2.23 bits per heavy atom. The molecule has 0 aliphatic rings. The lowest BCUT2D eigenvalue weighted by Gasteiger charge is -2.00. The monoisotopic (exact) mass is 198 g/mol. The molecule has 0 rings (SSSR count). The van der Waals surface area contributed by atoms with Crippen LogP contribution >= 0.6 is 0 Å². The van der Waals surface area contributed by atoms with Gasteiger partial charge in [0.25, 0.3) is 0 Å². The summed E-state index contributed by atoms with van der Waals surface area (Å²) in [5.74, 6) is -0.310. The van der Waals surface area contributed by atoms with E-state index in [4.69, 9.17) is 4.74 Å². The molecule has 0 amide bonds. The lowest BCUT2D eigenvalue weighted by atomic mass is 10.4. The zero-order chi connectivity index (χ0) is 10.3. The summed E-state index contributed by atoms with van der Waals surface area (Å²) < 4.78 is 4.90. The smallest absolute Gasteiger partial charge is 0.333 e. The predicted molar refractivity (Wildman–Crippen MR) is 58.4 cm³/mol. The maximum absolute atomic E-state index is 10.9. The molecule has 0 heterocycles. The van der Waals surface area contributed by atoms with Crippen LogP contribution in [0, 0.1) is 0 Å². The van der Waals surface area contributed by atoms with E-state index >= 15 is 0 Å². The lowest BCUT2D eigenvalue weighted by molar-refractivity contribution is -0.137. The SMILES string of the molecule is C=C(C)C(=O)OCC=C[SiH](C)CC. The van der Waals surface area contributed by atoms with Crippen LogP contribution in [0.15, 0.2) is 23.9 Å². The predicted octanol–water partition coefficient (Wildman–Crippen LogP) is 2.08. The number of ether oxygens (including phenoxy) is 1. The van der Waals surface area contributed by atoms with Crippen molar-refractivity contribution in [2.45, 2.75) is 26.4 Å². The molecule has 2 nitrogen and oxygen atoms in total. The van der Waals surface area contributed by atoms with Crippen molar-refractivity contribution in [1.29, 1.82) is 0 Å². The van der Waals surface area contributed by atoms with Crippen LogP contribution in [0.3, 0.4) is 0 Å².